The summed E-state index contributed by atoms with van der Waals surface area (Å²) < 4.78 is 142. The minimum absolute atomic E-state index is 0.0743. The zero-order valence-electron chi connectivity index (χ0n) is 13.4. The number of fused-ring (bicyclic) bond motifs is 1. The van der Waals surface area contributed by atoms with Gasteiger partial charge in [0.25, 0.3) is 0 Å². The molecule has 1 aliphatic rings. The van der Waals surface area contributed by atoms with Crippen molar-refractivity contribution in [1.29, 1.82) is 0 Å². The van der Waals surface area contributed by atoms with Gasteiger partial charge in [0.05, 0.1) is 0 Å². The highest BCUT2D eigenvalue weighted by molar-refractivity contribution is 7.88. The number of hydrogen-bond acceptors (Lipinski definition) is 6. The molecule has 0 fully saturated rings. The minimum atomic E-state index is -7.12. The molecule has 0 amide bonds. The third kappa shape index (κ3) is 3.67. The number of ether oxygens (including phenoxy) is 1. The summed E-state index contributed by atoms with van der Waals surface area (Å²) in [4.78, 5) is 0. The zero-order chi connectivity index (χ0) is 22.6. The fourth-order valence-corrected chi connectivity index (χ4v) is 2.84. The van der Waals surface area contributed by atoms with E-state index in [1.165, 1.54) is 6.08 Å². The van der Waals surface area contributed by atoms with Gasteiger partial charge in [0.1, 0.15) is 0 Å². The van der Waals surface area contributed by atoms with Crippen molar-refractivity contribution in [1.82, 2.24) is 4.73 Å². The highest BCUT2D eigenvalue weighted by Gasteiger charge is 2.76. The van der Waals surface area contributed by atoms with E-state index in [0.717, 1.165) is 6.08 Å². The van der Waals surface area contributed by atoms with Gasteiger partial charge in [-0.25, -0.2) is 4.74 Å². The normalized spacial score (nSPS) is 16.0. The van der Waals surface area contributed by atoms with Gasteiger partial charge >= 0.3 is 33.8 Å². The summed E-state index contributed by atoms with van der Waals surface area (Å²) in [6, 6.07) is 0. The Labute approximate surface area is 154 Å². The van der Waals surface area contributed by atoms with Crippen LogP contribution in [0.25, 0.3) is 6.08 Å². The molecule has 1 heterocycles. The van der Waals surface area contributed by atoms with Crippen LogP contribution >= 0.6 is 0 Å². The van der Waals surface area contributed by atoms with E-state index in [0.29, 0.717) is 0 Å². The summed E-state index contributed by atoms with van der Waals surface area (Å²) in [7, 11) is -7.12. The fraction of sp³-hybridized carbons (Fsp3) is 0.500. The average molecular weight is 465 g/mol. The summed E-state index contributed by atoms with van der Waals surface area (Å²) in [6.07, 6.45) is -18.1. The van der Waals surface area contributed by atoms with Crippen molar-refractivity contribution in [3.8, 4) is 11.8 Å². The lowest BCUT2D eigenvalue weighted by molar-refractivity contribution is -0.476. The van der Waals surface area contributed by atoms with Gasteiger partial charge in [0.15, 0.2) is 0 Å². The predicted octanol–water partition coefficient (Wildman–Crippen LogP) is 2.97. The summed E-state index contributed by atoms with van der Waals surface area (Å²) in [5.41, 5.74) is -0.575. The van der Waals surface area contributed by atoms with Gasteiger partial charge < -0.3 is 10.2 Å². The first-order valence-electron chi connectivity index (χ1n) is 7.02. The molecule has 7 nitrogen and oxygen atoms in total. The van der Waals surface area contributed by atoms with E-state index in [-0.39, 0.29) is 24.0 Å². The Balaban J connectivity index is 2.42. The highest BCUT2D eigenvalue weighted by atomic mass is 32.2. The standard InChI is InChI=1S/C12H8F9NO6S/c13-9(14,15)10(16,17)27-11(18,19)12(20,21)29(25,26)28-22-7(23)5-3-1-2-4-6(5)8(22)24/h1,3,23-24H,2,4H2. The van der Waals surface area contributed by atoms with Gasteiger partial charge in [0, 0.05) is 11.1 Å². The summed E-state index contributed by atoms with van der Waals surface area (Å²) in [5, 5.41) is 12.6. The smallest absolute Gasteiger partial charge is 0.483 e. The minimum Gasteiger partial charge on any atom is -0.492 e. The third-order valence-electron chi connectivity index (χ3n) is 3.48. The number of aromatic hydroxyl groups is 2. The average Bonchev–Trinajstić information content (AvgIpc) is 2.78. The molecule has 0 saturated heterocycles. The number of halogens is 9. The maximum atomic E-state index is 13.7. The van der Waals surface area contributed by atoms with Crippen molar-refractivity contribution in [3.05, 3.63) is 17.2 Å². The number of allylic oxidation sites excluding steroid dienone is 1. The Morgan fingerprint density at radius 1 is 0.931 bits per heavy atom. The molecule has 0 bridgehead atoms. The molecule has 0 radical (unpaired) electrons. The van der Waals surface area contributed by atoms with E-state index in [2.05, 4.69) is 4.28 Å². The molecule has 0 atom stereocenters. The zero-order valence-corrected chi connectivity index (χ0v) is 14.2. The molecular weight excluding hydrogens is 457 g/mol. The van der Waals surface area contributed by atoms with Crippen LogP contribution in [-0.2, 0) is 21.3 Å². The SMILES string of the molecule is O=S(=O)(On1c(O)c2c(c1O)CCC=C2)C(F)(F)C(F)(F)OC(F)(F)C(F)(F)F. The molecule has 0 saturated carbocycles. The lowest BCUT2D eigenvalue weighted by Gasteiger charge is -2.29. The van der Waals surface area contributed by atoms with Gasteiger partial charge in [-0.2, -0.15) is 47.9 Å². The first-order chi connectivity index (χ1) is 12.9. The highest BCUT2D eigenvalue weighted by Crippen LogP contribution is 2.48. The van der Waals surface area contributed by atoms with Gasteiger partial charge in [-0.15, -0.1) is 0 Å². The Bertz CT molecular complexity index is 935. The lowest BCUT2D eigenvalue weighted by Crippen LogP contribution is -2.56. The molecule has 0 aliphatic heterocycles. The summed E-state index contributed by atoms with van der Waals surface area (Å²) in [5.74, 6) is -2.66. The molecular formula is C12H8F9NO6S. The van der Waals surface area contributed by atoms with Crippen LogP contribution in [0.4, 0.5) is 39.5 Å². The molecule has 1 aliphatic carbocycles. The Kier molecular flexibility index (Phi) is 5.24. The van der Waals surface area contributed by atoms with Crippen molar-refractivity contribution in [2.24, 2.45) is 0 Å². The van der Waals surface area contributed by atoms with Crippen LogP contribution in [0.5, 0.6) is 11.8 Å². The summed E-state index contributed by atoms with van der Waals surface area (Å²) >= 11 is 0. The molecule has 166 valence electrons. The largest absolute Gasteiger partial charge is 0.492 e. The van der Waals surface area contributed by atoms with Crippen molar-refractivity contribution in [2.75, 3.05) is 0 Å². The van der Waals surface area contributed by atoms with Crippen LogP contribution in [0, 0.1) is 0 Å². The van der Waals surface area contributed by atoms with Crippen LogP contribution < -0.4 is 4.28 Å². The Morgan fingerprint density at radius 3 is 1.97 bits per heavy atom. The topological polar surface area (TPSA) is 98.0 Å². The quantitative estimate of drug-likeness (QED) is 0.628. The number of alkyl halides is 9. The molecule has 29 heavy (non-hydrogen) atoms. The van der Waals surface area contributed by atoms with Crippen LogP contribution in [0.2, 0.25) is 0 Å². The molecule has 1 aromatic heterocycles. The van der Waals surface area contributed by atoms with Crippen molar-refractivity contribution in [2.45, 2.75) is 36.5 Å². The monoisotopic (exact) mass is 465 g/mol. The van der Waals surface area contributed by atoms with Crippen molar-refractivity contribution < 1.29 is 67.2 Å². The van der Waals surface area contributed by atoms with Crippen LogP contribution in [0.1, 0.15) is 17.5 Å². The van der Waals surface area contributed by atoms with E-state index >= 15 is 0 Å². The number of nitrogens with zero attached hydrogens (tertiary/aromatic N) is 1. The molecule has 2 N–H and O–H groups in total. The van der Waals surface area contributed by atoms with Crippen molar-refractivity contribution in [3.63, 3.8) is 0 Å². The van der Waals surface area contributed by atoms with Crippen LogP contribution in [0.3, 0.4) is 0 Å². The molecule has 0 spiro atoms. The second-order valence-electron chi connectivity index (χ2n) is 5.45. The van der Waals surface area contributed by atoms with Gasteiger partial charge in [-0.05, 0) is 12.8 Å². The number of hydrogen-bond donors (Lipinski definition) is 2. The second-order valence-corrected chi connectivity index (χ2v) is 7.02. The van der Waals surface area contributed by atoms with Crippen LogP contribution in [-0.4, -0.2) is 47.0 Å². The number of rotatable bonds is 6. The maximum absolute atomic E-state index is 13.7. The molecule has 0 aromatic carbocycles. The number of aromatic nitrogens is 1. The van der Waals surface area contributed by atoms with Gasteiger partial charge in [-0.1, -0.05) is 16.9 Å². The predicted molar refractivity (Wildman–Crippen MR) is 72.6 cm³/mol. The molecule has 0 unspecified atom stereocenters. The lowest BCUT2D eigenvalue weighted by atomic mass is 10.0. The first-order valence-corrected chi connectivity index (χ1v) is 8.43. The second kappa shape index (κ2) is 6.61. The first kappa shape index (κ1) is 23.0. The summed E-state index contributed by atoms with van der Waals surface area (Å²) in [6.45, 7) is 0. The van der Waals surface area contributed by atoms with Gasteiger partial charge in [-0.3, -0.25) is 4.28 Å². The van der Waals surface area contributed by atoms with E-state index in [1.807, 2.05) is 0 Å². The van der Waals surface area contributed by atoms with Crippen molar-refractivity contribution >= 4 is 16.2 Å². The molecule has 2 rings (SSSR count). The molecule has 1 aromatic rings. The Hall–Kier alpha value is -2.30. The van der Waals surface area contributed by atoms with E-state index in [1.54, 1.807) is 4.74 Å². The van der Waals surface area contributed by atoms with Crippen LogP contribution in [0.15, 0.2) is 6.08 Å². The Morgan fingerprint density at radius 2 is 1.48 bits per heavy atom. The molecule has 17 heteroatoms. The van der Waals surface area contributed by atoms with E-state index in [4.69, 9.17) is 0 Å². The maximum Gasteiger partial charge on any atom is 0.483 e. The third-order valence-corrected chi connectivity index (χ3v) is 4.69. The van der Waals surface area contributed by atoms with E-state index < -0.39 is 50.3 Å². The fourth-order valence-electron chi connectivity index (χ4n) is 2.08. The van der Waals surface area contributed by atoms with E-state index in [9.17, 15) is 58.1 Å². The van der Waals surface area contributed by atoms with Gasteiger partial charge in [0.2, 0.25) is 11.8 Å².